The van der Waals surface area contributed by atoms with E-state index in [1.54, 1.807) is 0 Å². The summed E-state index contributed by atoms with van der Waals surface area (Å²) in [7, 11) is 1.27. The molecule has 154 valence electrons. The molecular weight excluding hydrogens is 378 g/mol. The van der Waals surface area contributed by atoms with Crippen molar-refractivity contribution >= 4 is 23.9 Å². The number of rotatable bonds is 6. The quantitative estimate of drug-likeness (QED) is 0.469. The fourth-order valence-corrected chi connectivity index (χ4v) is 2.73. The van der Waals surface area contributed by atoms with Crippen molar-refractivity contribution in [3.63, 3.8) is 0 Å². The van der Waals surface area contributed by atoms with Crippen LogP contribution in [0, 0.1) is 0 Å². The Labute approximate surface area is 159 Å². The molecule has 0 radical (unpaired) electrons. The Hall–Kier alpha value is -3.15. The number of aromatic nitrogens is 2. The van der Waals surface area contributed by atoms with E-state index >= 15 is 0 Å². The topological polar surface area (TPSA) is 158 Å². The highest BCUT2D eigenvalue weighted by molar-refractivity contribution is 5.68. The molecule has 12 nitrogen and oxygen atoms in total. The minimum atomic E-state index is -1.15. The maximum absolute atomic E-state index is 11.8. The van der Waals surface area contributed by atoms with Crippen LogP contribution in [-0.4, -0.2) is 59.5 Å². The maximum Gasteiger partial charge on any atom is 0.316 e. The lowest BCUT2D eigenvalue weighted by Gasteiger charge is -2.25. The van der Waals surface area contributed by atoms with Gasteiger partial charge >= 0.3 is 23.5 Å². The van der Waals surface area contributed by atoms with Gasteiger partial charge in [0, 0.05) is 20.8 Å². The monoisotopic (exact) mass is 399 g/mol. The molecule has 1 fully saturated rings. The van der Waals surface area contributed by atoms with Crippen molar-refractivity contribution in [2.75, 3.05) is 19.5 Å². The van der Waals surface area contributed by atoms with E-state index in [0.29, 0.717) is 0 Å². The van der Waals surface area contributed by atoms with E-state index in [0.717, 1.165) is 6.92 Å². The van der Waals surface area contributed by atoms with Gasteiger partial charge in [-0.3, -0.25) is 23.7 Å². The zero-order valence-corrected chi connectivity index (χ0v) is 15.7. The van der Waals surface area contributed by atoms with Gasteiger partial charge < -0.3 is 29.4 Å². The average Bonchev–Trinajstić information content (AvgIpc) is 2.89. The summed E-state index contributed by atoms with van der Waals surface area (Å²) in [6.45, 7) is 3.26. The van der Waals surface area contributed by atoms with E-state index < -0.39 is 48.0 Å². The molecule has 0 amide bonds. The number of anilines is 1. The van der Waals surface area contributed by atoms with E-state index in [9.17, 15) is 19.2 Å². The van der Waals surface area contributed by atoms with Crippen LogP contribution < -0.4 is 16.0 Å². The maximum atomic E-state index is 11.8. The second-order valence-corrected chi connectivity index (χ2v) is 5.90. The second-order valence-electron chi connectivity index (χ2n) is 5.90. The number of nitrogens with zero attached hydrogens (tertiary/aromatic N) is 2. The molecular formula is C16H21N3O9. The van der Waals surface area contributed by atoms with Gasteiger partial charge in [0.25, 0.3) is 0 Å². The van der Waals surface area contributed by atoms with Crippen LogP contribution in [0.15, 0.2) is 11.0 Å². The Morgan fingerprint density at radius 3 is 2.29 bits per heavy atom. The molecule has 0 unspecified atom stereocenters. The molecule has 1 aliphatic heterocycles. The third-order valence-corrected chi connectivity index (χ3v) is 3.78. The van der Waals surface area contributed by atoms with Crippen LogP contribution in [0.1, 0.15) is 27.0 Å². The Morgan fingerprint density at radius 2 is 1.75 bits per heavy atom. The molecule has 0 aliphatic carbocycles. The molecule has 2 rings (SSSR count). The van der Waals surface area contributed by atoms with Crippen molar-refractivity contribution in [2.24, 2.45) is 0 Å². The lowest BCUT2D eigenvalue weighted by Crippen LogP contribution is -2.40. The third-order valence-electron chi connectivity index (χ3n) is 3.78. The number of carbonyl (C=O) groups is 3. The van der Waals surface area contributed by atoms with Crippen LogP contribution in [0.4, 0.5) is 5.95 Å². The van der Waals surface area contributed by atoms with Gasteiger partial charge in [0.2, 0.25) is 11.7 Å². The first-order valence-corrected chi connectivity index (χ1v) is 8.20. The summed E-state index contributed by atoms with van der Waals surface area (Å²) in [6.07, 6.45) is -3.12. The lowest BCUT2D eigenvalue weighted by atomic mass is 10.1. The van der Waals surface area contributed by atoms with Gasteiger partial charge in [0.15, 0.2) is 18.4 Å². The highest BCUT2D eigenvalue weighted by Crippen LogP contribution is 2.35. The van der Waals surface area contributed by atoms with E-state index in [4.69, 9.17) is 29.4 Å². The largest absolute Gasteiger partial charge is 0.490 e. The van der Waals surface area contributed by atoms with Gasteiger partial charge in [-0.05, 0) is 0 Å². The number of esters is 3. The number of hydrogen-bond acceptors (Lipinski definition) is 11. The van der Waals surface area contributed by atoms with E-state index in [2.05, 4.69) is 4.98 Å². The first kappa shape index (κ1) is 21.2. The molecule has 4 atom stereocenters. The normalized spacial score (nSPS) is 23.7. The molecule has 0 spiro atoms. The van der Waals surface area contributed by atoms with Crippen molar-refractivity contribution in [2.45, 2.75) is 45.3 Å². The summed E-state index contributed by atoms with van der Waals surface area (Å²) in [5.74, 6) is -2.30. The van der Waals surface area contributed by atoms with Gasteiger partial charge in [-0.1, -0.05) is 0 Å². The third kappa shape index (κ3) is 4.76. The lowest BCUT2D eigenvalue weighted by molar-refractivity contribution is -0.166. The second kappa shape index (κ2) is 8.69. The van der Waals surface area contributed by atoms with Gasteiger partial charge in [-0.15, -0.1) is 0 Å². The average molecular weight is 399 g/mol. The molecule has 1 aliphatic rings. The number of carbonyl (C=O) groups excluding carboxylic acids is 3. The fraction of sp³-hybridized carbons (Fsp3) is 0.562. The summed E-state index contributed by atoms with van der Waals surface area (Å²) in [5.41, 5.74) is 5.11. The number of ether oxygens (including phenoxy) is 5. The predicted octanol–water partition coefficient (Wildman–Crippen LogP) is -0.842. The van der Waals surface area contributed by atoms with Crippen LogP contribution in [0.25, 0.3) is 0 Å². The number of nitrogen functional groups attached to an aromatic ring is 1. The SMILES string of the molecule is COc1cn([C@@H]2O[C@H](COC(C)=O)[C@@H](OC(C)=O)[C@H]2OC(C)=O)c(N)nc1=O. The minimum absolute atomic E-state index is 0.133. The number of methoxy groups -OCH3 is 1. The predicted molar refractivity (Wildman–Crippen MR) is 91.1 cm³/mol. The number of hydrogen-bond donors (Lipinski definition) is 1. The molecule has 12 heteroatoms. The zero-order chi connectivity index (χ0) is 21.0. The summed E-state index contributed by atoms with van der Waals surface area (Å²) >= 11 is 0. The summed E-state index contributed by atoms with van der Waals surface area (Å²) in [6, 6.07) is 0. The first-order chi connectivity index (χ1) is 13.1. The van der Waals surface area contributed by atoms with Crippen molar-refractivity contribution in [1.82, 2.24) is 9.55 Å². The van der Waals surface area contributed by atoms with Crippen LogP contribution in [0.3, 0.4) is 0 Å². The fourth-order valence-electron chi connectivity index (χ4n) is 2.73. The molecule has 1 aromatic rings. The molecule has 0 aromatic carbocycles. The summed E-state index contributed by atoms with van der Waals surface area (Å²) in [4.78, 5) is 49.7. The van der Waals surface area contributed by atoms with Gasteiger partial charge in [0.05, 0.1) is 13.3 Å². The standard InChI is InChI=1S/C16H21N3O9/c1-7(20)25-6-11-12(26-8(2)21)13(27-9(3)22)15(28-11)19-5-10(24-4)14(23)18-16(19)17/h5,11-13,15H,6H2,1-4H3,(H2,17,18,23)/t11-,12-,13-,15-/m1/s1. The van der Waals surface area contributed by atoms with Gasteiger partial charge in [0.1, 0.15) is 12.7 Å². The van der Waals surface area contributed by atoms with Crippen molar-refractivity contribution in [1.29, 1.82) is 0 Å². The van der Waals surface area contributed by atoms with E-state index in [1.807, 2.05) is 0 Å². The highest BCUT2D eigenvalue weighted by atomic mass is 16.7. The van der Waals surface area contributed by atoms with E-state index in [1.165, 1.54) is 31.7 Å². The zero-order valence-electron chi connectivity index (χ0n) is 15.7. The highest BCUT2D eigenvalue weighted by Gasteiger charge is 2.51. The Kier molecular flexibility index (Phi) is 6.57. The van der Waals surface area contributed by atoms with E-state index in [-0.39, 0.29) is 18.3 Å². The van der Waals surface area contributed by atoms with Crippen LogP contribution in [0.2, 0.25) is 0 Å². The summed E-state index contributed by atoms with van der Waals surface area (Å²) < 4.78 is 27.4. The molecule has 1 aromatic heterocycles. The van der Waals surface area contributed by atoms with Crippen molar-refractivity contribution in [3.8, 4) is 5.75 Å². The van der Waals surface area contributed by atoms with Gasteiger partial charge in [-0.2, -0.15) is 4.98 Å². The van der Waals surface area contributed by atoms with Crippen LogP contribution >= 0.6 is 0 Å². The van der Waals surface area contributed by atoms with Crippen molar-refractivity contribution < 1.29 is 38.1 Å². The smallest absolute Gasteiger partial charge is 0.316 e. The molecule has 2 N–H and O–H groups in total. The van der Waals surface area contributed by atoms with Crippen LogP contribution in [0.5, 0.6) is 5.75 Å². The van der Waals surface area contributed by atoms with Gasteiger partial charge in [-0.25, -0.2) is 0 Å². The molecule has 2 heterocycles. The van der Waals surface area contributed by atoms with Crippen LogP contribution in [-0.2, 0) is 33.3 Å². The Bertz CT molecular complexity index is 822. The molecule has 0 saturated carbocycles. The minimum Gasteiger partial charge on any atom is -0.490 e. The summed E-state index contributed by atoms with van der Waals surface area (Å²) in [5, 5.41) is 0. The molecule has 1 saturated heterocycles. The molecule has 0 bridgehead atoms. The van der Waals surface area contributed by atoms with Crippen molar-refractivity contribution in [3.05, 3.63) is 16.6 Å². The Morgan fingerprint density at radius 1 is 1.14 bits per heavy atom. The number of nitrogens with two attached hydrogens (primary N) is 1. The Balaban J connectivity index is 2.48. The molecule has 28 heavy (non-hydrogen) atoms. The first-order valence-electron chi connectivity index (χ1n) is 8.20.